The van der Waals surface area contributed by atoms with Crippen molar-refractivity contribution < 1.29 is 38.7 Å². The number of hydrogen-bond acceptors (Lipinski definition) is 8. The fraction of sp³-hybridized carbons (Fsp3) is 0.286. The minimum Gasteiger partial charge on any atom is -0.478 e. The minimum atomic E-state index is -1.48. The van der Waals surface area contributed by atoms with Crippen molar-refractivity contribution in [1.82, 2.24) is 15.0 Å². The molecular weight excluding hydrogens is 531 g/mol. The van der Waals surface area contributed by atoms with Gasteiger partial charge in [0.05, 0.1) is 18.4 Å². The number of benzene rings is 2. The zero-order valence-electron chi connectivity index (χ0n) is 17.4. The molecule has 0 amide bonds. The third-order valence-electron chi connectivity index (χ3n) is 5.36. The Hall–Kier alpha value is -2.32. The fourth-order valence-corrected chi connectivity index (χ4v) is 5.20. The molecule has 0 aliphatic carbocycles. The first-order valence-corrected chi connectivity index (χ1v) is 11.6. The van der Waals surface area contributed by atoms with E-state index in [4.69, 9.17) is 27.9 Å². The number of aliphatic hydroxyl groups is 3. The maximum Gasteiger partial charge on any atom is 0.336 e. The van der Waals surface area contributed by atoms with Crippen molar-refractivity contribution in [3.63, 3.8) is 0 Å². The number of hydrogen-bond donors (Lipinski definition) is 4. The first-order chi connectivity index (χ1) is 16.6. The number of aliphatic hydroxyl groups excluding tert-OH is 3. The monoisotopic (exact) mass is 547 g/mol. The average molecular weight is 548 g/mol. The Morgan fingerprint density at radius 1 is 1.14 bits per heavy atom. The average Bonchev–Trinajstić information content (AvgIpc) is 3.28. The number of ether oxygens (including phenoxy) is 1. The van der Waals surface area contributed by atoms with E-state index in [1.54, 1.807) is 0 Å². The molecule has 2 aromatic carbocycles. The van der Waals surface area contributed by atoms with Crippen molar-refractivity contribution in [3.05, 3.63) is 63.8 Å². The lowest BCUT2D eigenvalue weighted by Gasteiger charge is -2.41. The predicted molar refractivity (Wildman–Crippen MR) is 121 cm³/mol. The number of carbonyl (C=O) groups is 1. The summed E-state index contributed by atoms with van der Waals surface area (Å²) < 4.78 is 34.5. The Morgan fingerprint density at radius 2 is 1.83 bits per heavy atom. The summed E-state index contributed by atoms with van der Waals surface area (Å²) in [5, 5.41) is 48.3. The maximum atomic E-state index is 13.9. The zero-order valence-corrected chi connectivity index (χ0v) is 19.8. The summed E-state index contributed by atoms with van der Waals surface area (Å²) in [5.74, 6) is -3.24. The van der Waals surface area contributed by atoms with E-state index in [2.05, 4.69) is 10.3 Å². The van der Waals surface area contributed by atoms with Gasteiger partial charge in [0.25, 0.3) is 0 Å². The fourth-order valence-electron chi connectivity index (χ4n) is 3.63. The maximum absolute atomic E-state index is 13.9. The Balaban J connectivity index is 1.67. The second-order valence-electron chi connectivity index (χ2n) is 7.60. The number of carboxylic acids is 1. The molecule has 0 saturated carbocycles. The minimum absolute atomic E-state index is 0.0151. The van der Waals surface area contributed by atoms with Crippen LogP contribution < -0.4 is 0 Å². The van der Waals surface area contributed by atoms with E-state index in [1.807, 2.05) is 0 Å². The summed E-state index contributed by atoms with van der Waals surface area (Å²) in [6.07, 6.45) is -2.86. The van der Waals surface area contributed by atoms with Crippen LogP contribution in [0.4, 0.5) is 8.78 Å². The molecule has 5 atom stereocenters. The predicted octanol–water partition coefficient (Wildman–Crippen LogP) is 3.00. The Morgan fingerprint density at radius 3 is 2.46 bits per heavy atom. The largest absolute Gasteiger partial charge is 0.478 e. The van der Waals surface area contributed by atoms with Gasteiger partial charge >= 0.3 is 5.97 Å². The molecule has 0 spiro atoms. The van der Waals surface area contributed by atoms with Crippen LogP contribution in [0.15, 0.2) is 41.4 Å². The van der Waals surface area contributed by atoms with Crippen LogP contribution in [0.25, 0.3) is 11.3 Å². The molecule has 0 radical (unpaired) electrons. The van der Waals surface area contributed by atoms with Gasteiger partial charge in [-0.1, -0.05) is 40.2 Å². The lowest BCUT2D eigenvalue weighted by Crippen LogP contribution is -2.55. The molecular formula is C21H17Cl2F2N3O6S. The van der Waals surface area contributed by atoms with Gasteiger partial charge in [0.15, 0.2) is 0 Å². The van der Waals surface area contributed by atoms with Crippen LogP contribution >= 0.6 is 35.0 Å². The number of rotatable bonds is 6. The van der Waals surface area contributed by atoms with Crippen molar-refractivity contribution in [3.8, 4) is 11.3 Å². The van der Waals surface area contributed by atoms with Crippen LogP contribution in [0.2, 0.25) is 10.0 Å². The quantitative estimate of drug-likeness (QED) is 0.343. The topological polar surface area (TPSA) is 138 Å². The van der Waals surface area contributed by atoms with E-state index in [1.165, 1.54) is 24.4 Å². The first-order valence-electron chi connectivity index (χ1n) is 9.99. The molecule has 35 heavy (non-hydrogen) atoms. The van der Waals surface area contributed by atoms with Gasteiger partial charge in [0, 0.05) is 15.5 Å². The summed E-state index contributed by atoms with van der Waals surface area (Å²) in [4.78, 5) is 11.8. The summed E-state index contributed by atoms with van der Waals surface area (Å²) in [6, 6.07) is 4.78. The number of nitrogens with zero attached hydrogens (tertiary/aromatic N) is 3. The van der Waals surface area contributed by atoms with Crippen molar-refractivity contribution in [2.24, 2.45) is 0 Å². The van der Waals surface area contributed by atoms with Crippen molar-refractivity contribution in [2.75, 3.05) is 6.61 Å². The molecule has 1 saturated heterocycles. The molecule has 1 fully saturated rings. The standard InChI is InChI=1S/C21H17Cl2F2N3O6S/c22-9-1-2-10(20(32)33)15(5-9)35-21-19(31)17(18(30)14(7-29)34-21)28-6-13(26-27-28)8-3-11(24)16(23)12(25)4-8/h1-6,14,17-19,21,29-31H,7H2,(H,32,33). The number of thioether (sulfide) groups is 1. The number of aromatic nitrogens is 3. The summed E-state index contributed by atoms with van der Waals surface area (Å²) >= 11 is 12.3. The van der Waals surface area contributed by atoms with Gasteiger partial charge < -0.3 is 25.2 Å². The first kappa shape index (κ1) is 25.8. The number of halogens is 4. The SMILES string of the molecule is O=C(O)c1ccc(Cl)cc1SC1OC(CO)C(O)C(n2cc(-c3cc(F)c(Cl)c(F)c3)nn2)C1O. The molecule has 0 bridgehead atoms. The van der Waals surface area contributed by atoms with Gasteiger partial charge in [-0.05, 0) is 30.3 Å². The molecule has 1 aliphatic rings. The lowest BCUT2D eigenvalue weighted by atomic mass is 9.97. The Bertz CT molecular complexity index is 1240. The summed E-state index contributed by atoms with van der Waals surface area (Å²) in [6.45, 7) is -0.627. The molecule has 14 heteroatoms. The van der Waals surface area contributed by atoms with E-state index in [0.717, 1.165) is 28.6 Å². The third-order valence-corrected chi connectivity index (χ3v) is 7.17. The van der Waals surface area contributed by atoms with Crippen LogP contribution in [-0.4, -0.2) is 71.7 Å². The molecule has 4 N–H and O–H groups in total. The van der Waals surface area contributed by atoms with Crippen LogP contribution in [0.1, 0.15) is 16.4 Å². The van der Waals surface area contributed by atoms with Crippen LogP contribution in [-0.2, 0) is 4.74 Å². The highest BCUT2D eigenvalue weighted by Gasteiger charge is 2.46. The second-order valence-corrected chi connectivity index (χ2v) is 9.55. The van der Waals surface area contributed by atoms with E-state index in [-0.39, 0.29) is 26.7 Å². The smallest absolute Gasteiger partial charge is 0.336 e. The summed E-state index contributed by atoms with van der Waals surface area (Å²) in [7, 11) is 0. The van der Waals surface area contributed by atoms with Gasteiger partial charge in [0.2, 0.25) is 0 Å². The molecule has 186 valence electrons. The van der Waals surface area contributed by atoms with Crippen molar-refractivity contribution >= 4 is 40.9 Å². The molecule has 1 aliphatic heterocycles. The highest BCUT2D eigenvalue weighted by molar-refractivity contribution is 8.00. The number of carboxylic acid groups (broad SMARTS) is 1. The van der Waals surface area contributed by atoms with Crippen molar-refractivity contribution in [2.45, 2.75) is 34.7 Å². The highest BCUT2D eigenvalue weighted by Crippen LogP contribution is 2.40. The molecule has 5 unspecified atom stereocenters. The van der Waals surface area contributed by atoms with E-state index in [0.29, 0.717) is 0 Å². The van der Waals surface area contributed by atoms with Crippen molar-refractivity contribution in [1.29, 1.82) is 0 Å². The van der Waals surface area contributed by atoms with E-state index in [9.17, 15) is 34.0 Å². The van der Waals surface area contributed by atoms with Gasteiger partial charge in [-0.15, -0.1) is 5.10 Å². The zero-order chi connectivity index (χ0) is 25.4. The molecule has 4 rings (SSSR count). The lowest BCUT2D eigenvalue weighted by molar-refractivity contribution is -0.178. The molecule has 3 aromatic rings. The molecule has 9 nitrogen and oxygen atoms in total. The van der Waals surface area contributed by atoms with Crippen LogP contribution in [0, 0.1) is 11.6 Å². The van der Waals surface area contributed by atoms with Gasteiger partial charge in [-0.2, -0.15) is 0 Å². The molecule has 1 aromatic heterocycles. The van der Waals surface area contributed by atoms with Gasteiger partial charge in [-0.25, -0.2) is 18.3 Å². The summed E-state index contributed by atoms with van der Waals surface area (Å²) in [5.41, 5.74) is -1.21. The Kier molecular flexibility index (Phi) is 7.62. The second kappa shape index (κ2) is 10.3. The normalized spacial score (nSPS) is 24.5. The van der Waals surface area contributed by atoms with E-state index >= 15 is 0 Å². The third kappa shape index (κ3) is 5.14. The number of aromatic carboxylic acids is 1. The Labute approximate surface area is 210 Å². The van der Waals surface area contributed by atoms with E-state index < -0.39 is 59.0 Å². The molecule has 2 heterocycles. The highest BCUT2D eigenvalue weighted by atomic mass is 35.5. The van der Waals surface area contributed by atoms with Gasteiger partial charge in [-0.3, -0.25) is 0 Å². The van der Waals surface area contributed by atoms with Crippen LogP contribution in [0.3, 0.4) is 0 Å². The van der Waals surface area contributed by atoms with Gasteiger partial charge in [0.1, 0.15) is 52.1 Å². The van der Waals surface area contributed by atoms with Crippen LogP contribution in [0.5, 0.6) is 0 Å².